The summed E-state index contributed by atoms with van der Waals surface area (Å²) in [7, 11) is 0. The Kier molecular flexibility index (Phi) is 8.16. The molecule has 0 radical (unpaired) electrons. The number of benzene rings is 3. The van der Waals surface area contributed by atoms with Crippen LogP contribution in [0.25, 0.3) is 10.8 Å². The van der Waals surface area contributed by atoms with Crippen molar-refractivity contribution in [3.63, 3.8) is 0 Å². The first-order valence-electron chi connectivity index (χ1n) is 12.9. The molecule has 4 rings (SSSR count). The molecular weight excluding hydrogens is 405 g/mol. The lowest BCUT2D eigenvalue weighted by molar-refractivity contribution is 0.302. The number of nitrogens with zero attached hydrogens (tertiary/aromatic N) is 1. The second-order valence-electron chi connectivity index (χ2n) is 9.89. The van der Waals surface area contributed by atoms with E-state index < -0.39 is 0 Å². The van der Waals surface area contributed by atoms with Gasteiger partial charge in [-0.05, 0) is 84.6 Å². The molecule has 1 aliphatic carbocycles. The minimum Gasteiger partial charge on any atom is -0.206 e. The summed E-state index contributed by atoms with van der Waals surface area (Å²) >= 11 is 0. The molecule has 0 aromatic heterocycles. The Bertz CT molecular complexity index is 1080. The molecule has 2 heteroatoms. The van der Waals surface area contributed by atoms with Gasteiger partial charge >= 0.3 is 0 Å². The molecule has 172 valence electrons. The summed E-state index contributed by atoms with van der Waals surface area (Å²) in [6.07, 6.45) is 13.5. The third-order valence-corrected chi connectivity index (χ3v) is 7.61. The Morgan fingerprint density at radius 3 is 2.39 bits per heavy atom. The number of fused-ring (bicyclic) bond motifs is 1. The van der Waals surface area contributed by atoms with Crippen LogP contribution < -0.4 is 0 Å². The zero-order valence-electron chi connectivity index (χ0n) is 20.0. The van der Waals surface area contributed by atoms with Gasteiger partial charge in [-0.2, -0.15) is 5.26 Å². The second-order valence-corrected chi connectivity index (χ2v) is 9.89. The van der Waals surface area contributed by atoms with Crippen LogP contribution in [-0.4, -0.2) is 0 Å². The maximum Gasteiger partial charge on any atom is 0.134 e. The third-order valence-electron chi connectivity index (χ3n) is 7.61. The van der Waals surface area contributed by atoms with Gasteiger partial charge in [-0.3, -0.25) is 0 Å². The summed E-state index contributed by atoms with van der Waals surface area (Å²) in [4.78, 5) is 0. The first-order valence-corrected chi connectivity index (χ1v) is 12.9. The number of aryl methyl sites for hydroxylation is 2. The second kappa shape index (κ2) is 11.5. The smallest absolute Gasteiger partial charge is 0.134 e. The van der Waals surface area contributed by atoms with E-state index in [4.69, 9.17) is 5.26 Å². The minimum atomic E-state index is -0.0801. The summed E-state index contributed by atoms with van der Waals surface area (Å²) < 4.78 is 15.2. The fraction of sp³-hybridized carbons (Fsp3) is 0.452. The van der Waals surface area contributed by atoms with Crippen LogP contribution in [-0.2, 0) is 12.8 Å². The van der Waals surface area contributed by atoms with Gasteiger partial charge in [-0.1, -0.05) is 81.5 Å². The van der Waals surface area contributed by atoms with Crippen LogP contribution in [0, 0.1) is 23.1 Å². The molecule has 1 aliphatic rings. The number of nitriles is 1. The largest absolute Gasteiger partial charge is 0.206 e. The topological polar surface area (TPSA) is 23.8 Å². The van der Waals surface area contributed by atoms with Crippen LogP contribution in [0.2, 0.25) is 0 Å². The summed E-state index contributed by atoms with van der Waals surface area (Å²) in [6, 6.07) is 20.2. The Labute approximate surface area is 198 Å². The van der Waals surface area contributed by atoms with Gasteiger partial charge < -0.3 is 0 Å². The van der Waals surface area contributed by atoms with Gasteiger partial charge in [0.25, 0.3) is 0 Å². The third kappa shape index (κ3) is 6.02. The van der Waals surface area contributed by atoms with E-state index in [1.807, 2.05) is 36.4 Å². The fourth-order valence-electron chi connectivity index (χ4n) is 5.47. The van der Waals surface area contributed by atoms with E-state index >= 15 is 4.39 Å². The number of hydrogen-bond acceptors (Lipinski definition) is 1. The molecule has 1 nitrogen and oxygen atoms in total. The first kappa shape index (κ1) is 23.5. The van der Waals surface area contributed by atoms with Crippen LogP contribution in [0.4, 0.5) is 4.39 Å². The number of unbranched alkanes of at least 4 members (excludes halogenated alkanes) is 3. The standard InChI is InChI=1S/C31H36FN/c1-2-3-4-5-6-23-11-14-26(15-12-23)28-19-20-30-29(21-28)18-17-27(31(30)32)16-13-24-7-9-25(22-33)10-8-24/h7-10,17-21,23,26H,2-6,11-16H2,1H3. The summed E-state index contributed by atoms with van der Waals surface area (Å²) in [5.74, 6) is 1.46. The normalized spacial score (nSPS) is 18.3. The van der Waals surface area contributed by atoms with Crippen molar-refractivity contribution in [3.05, 3.63) is 82.7 Å². The number of halogens is 1. The molecule has 0 amide bonds. The van der Waals surface area contributed by atoms with Crippen molar-refractivity contribution < 1.29 is 4.39 Å². The van der Waals surface area contributed by atoms with Crippen molar-refractivity contribution >= 4 is 10.8 Å². The molecule has 33 heavy (non-hydrogen) atoms. The average molecular weight is 442 g/mol. The van der Waals surface area contributed by atoms with E-state index in [-0.39, 0.29) is 5.82 Å². The lowest BCUT2D eigenvalue weighted by atomic mass is 9.76. The molecule has 0 aliphatic heterocycles. The highest BCUT2D eigenvalue weighted by Gasteiger charge is 2.22. The first-order chi connectivity index (χ1) is 16.2. The zero-order valence-corrected chi connectivity index (χ0v) is 20.0. The van der Waals surface area contributed by atoms with Crippen molar-refractivity contribution in [2.24, 2.45) is 5.92 Å². The van der Waals surface area contributed by atoms with Crippen molar-refractivity contribution in [1.82, 2.24) is 0 Å². The lowest BCUT2D eigenvalue weighted by Gasteiger charge is -2.29. The van der Waals surface area contributed by atoms with Crippen LogP contribution in [0.3, 0.4) is 0 Å². The predicted molar refractivity (Wildman–Crippen MR) is 136 cm³/mol. The SMILES string of the molecule is CCCCCCC1CCC(c2ccc3c(F)c(CCc4ccc(C#N)cc4)ccc3c2)CC1. The van der Waals surface area contributed by atoms with Crippen molar-refractivity contribution in [1.29, 1.82) is 5.26 Å². The van der Waals surface area contributed by atoms with Gasteiger partial charge in [0.15, 0.2) is 0 Å². The molecule has 3 aromatic rings. The molecule has 0 bridgehead atoms. The van der Waals surface area contributed by atoms with E-state index in [0.29, 0.717) is 17.9 Å². The summed E-state index contributed by atoms with van der Waals surface area (Å²) in [5, 5.41) is 10.7. The van der Waals surface area contributed by atoms with Crippen molar-refractivity contribution in [2.75, 3.05) is 0 Å². The van der Waals surface area contributed by atoms with Gasteiger partial charge in [0.2, 0.25) is 0 Å². The van der Waals surface area contributed by atoms with Gasteiger partial charge in [-0.15, -0.1) is 0 Å². The Morgan fingerprint density at radius 1 is 0.879 bits per heavy atom. The van der Waals surface area contributed by atoms with E-state index in [0.717, 1.165) is 34.2 Å². The van der Waals surface area contributed by atoms with Crippen LogP contribution in [0.15, 0.2) is 54.6 Å². The molecule has 3 aromatic carbocycles. The highest BCUT2D eigenvalue weighted by atomic mass is 19.1. The molecule has 0 spiro atoms. The summed E-state index contributed by atoms with van der Waals surface area (Å²) in [5.41, 5.74) is 3.94. The van der Waals surface area contributed by atoms with Gasteiger partial charge in [0.05, 0.1) is 11.6 Å². The molecule has 0 unspecified atom stereocenters. The lowest BCUT2D eigenvalue weighted by Crippen LogP contribution is -2.13. The molecular formula is C31H36FN. The predicted octanol–water partition coefficient (Wildman–Crippen LogP) is 8.88. The van der Waals surface area contributed by atoms with E-state index in [2.05, 4.69) is 31.2 Å². The zero-order chi connectivity index (χ0) is 23.0. The molecule has 0 atom stereocenters. The van der Waals surface area contributed by atoms with E-state index in [9.17, 15) is 0 Å². The van der Waals surface area contributed by atoms with Crippen LogP contribution >= 0.6 is 0 Å². The van der Waals surface area contributed by atoms with Gasteiger partial charge in [0, 0.05) is 5.39 Å². The van der Waals surface area contributed by atoms with Gasteiger partial charge in [-0.25, -0.2) is 4.39 Å². The number of hydrogen-bond donors (Lipinski definition) is 0. The molecule has 0 N–H and O–H groups in total. The highest BCUT2D eigenvalue weighted by Crippen LogP contribution is 2.39. The Hall–Kier alpha value is -2.66. The highest BCUT2D eigenvalue weighted by molar-refractivity contribution is 5.84. The molecule has 0 saturated heterocycles. The molecule has 1 saturated carbocycles. The van der Waals surface area contributed by atoms with Crippen LogP contribution in [0.5, 0.6) is 0 Å². The van der Waals surface area contributed by atoms with E-state index in [1.54, 1.807) is 0 Å². The van der Waals surface area contributed by atoms with Gasteiger partial charge in [0.1, 0.15) is 5.82 Å². The minimum absolute atomic E-state index is 0.0801. The Balaban J connectivity index is 1.37. The molecule has 0 heterocycles. The fourth-order valence-corrected chi connectivity index (χ4v) is 5.47. The molecule has 1 fully saturated rings. The summed E-state index contributed by atoms with van der Waals surface area (Å²) in [6.45, 7) is 2.28. The number of rotatable bonds is 9. The average Bonchev–Trinajstić information content (AvgIpc) is 2.87. The maximum atomic E-state index is 15.2. The van der Waals surface area contributed by atoms with Crippen LogP contribution in [0.1, 0.15) is 92.9 Å². The van der Waals surface area contributed by atoms with E-state index in [1.165, 1.54) is 63.4 Å². The maximum absolute atomic E-state index is 15.2. The van der Waals surface area contributed by atoms with Crippen molar-refractivity contribution in [2.45, 2.75) is 83.5 Å². The monoisotopic (exact) mass is 441 g/mol. The van der Waals surface area contributed by atoms with Crippen molar-refractivity contribution in [3.8, 4) is 6.07 Å². The quantitative estimate of drug-likeness (QED) is 0.304. The Morgan fingerprint density at radius 2 is 1.67 bits per heavy atom.